The fraction of sp³-hybridized carbons (Fsp3) is 0.444. The largest absolute Gasteiger partial charge is 0.478 e. The smallest absolute Gasteiger partial charge is 0.335 e. The van der Waals surface area contributed by atoms with Crippen molar-refractivity contribution in [3.8, 4) is 0 Å². The number of carbonyl (C=O) groups is 1. The summed E-state index contributed by atoms with van der Waals surface area (Å²) in [4.78, 5) is 16.3. The van der Waals surface area contributed by atoms with Gasteiger partial charge in [0.2, 0.25) is 0 Å². The SMILES string of the molecule is CC(C)CCc1nc(CCC(C)C)n(Cc2ccc(Cc3ccccc3C(=O)O)cc2)n1. The standard InChI is InChI=1S/C27H35N3O2/c1-19(2)9-15-25-28-26(16-10-20(3)4)30(29-25)18-22-13-11-21(12-14-22)17-23-7-5-6-8-24(23)27(31)32/h5-8,11-14,19-20H,9-10,15-18H2,1-4H3,(H,31,32). The van der Waals surface area contributed by atoms with E-state index in [-0.39, 0.29) is 0 Å². The lowest BCUT2D eigenvalue weighted by Gasteiger charge is -2.09. The van der Waals surface area contributed by atoms with E-state index >= 15 is 0 Å². The highest BCUT2D eigenvalue weighted by atomic mass is 16.4. The second-order valence-electron chi connectivity index (χ2n) is 9.42. The Kier molecular flexibility index (Phi) is 8.20. The van der Waals surface area contributed by atoms with E-state index in [0.29, 0.717) is 30.4 Å². The van der Waals surface area contributed by atoms with Crippen molar-refractivity contribution >= 4 is 5.97 Å². The van der Waals surface area contributed by atoms with Crippen LogP contribution in [0.3, 0.4) is 0 Å². The lowest BCUT2D eigenvalue weighted by Crippen LogP contribution is -2.08. The van der Waals surface area contributed by atoms with Gasteiger partial charge in [0, 0.05) is 12.8 Å². The van der Waals surface area contributed by atoms with Gasteiger partial charge >= 0.3 is 5.97 Å². The minimum Gasteiger partial charge on any atom is -0.478 e. The maximum absolute atomic E-state index is 11.5. The van der Waals surface area contributed by atoms with E-state index in [1.54, 1.807) is 12.1 Å². The quantitative estimate of drug-likeness (QED) is 0.415. The van der Waals surface area contributed by atoms with Crippen LogP contribution in [0.4, 0.5) is 0 Å². The van der Waals surface area contributed by atoms with Crippen molar-refractivity contribution in [2.45, 2.75) is 66.3 Å². The van der Waals surface area contributed by atoms with Crippen LogP contribution in [-0.4, -0.2) is 25.8 Å². The third kappa shape index (κ3) is 6.78. The minimum atomic E-state index is -0.884. The summed E-state index contributed by atoms with van der Waals surface area (Å²) in [7, 11) is 0. The summed E-state index contributed by atoms with van der Waals surface area (Å²) in [5.74, 6) is 2.40. The van der Waals surface area contributed by atoms with Crippen LogP contribution < -0.4 is 0 Å². The number of nitrogens with zero attached hydrogens (tertiary/aromatic N) is 3. The van der Waals surface area contributed by atoms with Crippen LogP contribution in [0.25, 0.3) is 0 Å². The third-order valence-corrected chi connectivity index (χ3v) is 5.68. The van der Waals surface area contributed by atoms with E-state index in [1.807, 2.05) is 12.1 Å². The van der Waals surface area contributed by atoms with Crippen molar-refractivity contribution in [2.24, 2.45) is 11.8 Å². The maximum Gasteiger partial charge on any atom is 0.335 e. The first-order valence-corrected chi connectivity index (χ1v) is 11.6. The molecular weight excluding hydrogens is 398 g/mol. The number of carboxylic acid groups (broad SMARTS) is 1. The first-order valence-electron chi connectivity index (χ1n) is 11.6. The Morgan fingerprint density at radius 2 is 1.53 bits per heavy atom. The number of carboxylic acids is 1. The van der Waals surface area contributed by atoms with Gasteiger partial charge in [0.05, 0.1) is 12.1 Å². The summed E-state index contributed by atoms with van der Waals surface area (Å²) in [5.41, 5.74) is 3.46. The van der Waals surface area contributed by atoms with Crippen molar-refractivity contribution in [2.75, 3.05) is 0 Å². The molecule has 0 radical (unpaired) electrons. The van der Waals surface area contributed by atoms with E-state index in [1.165, 1.54) is 5.56 Å². The van der Waals surface area contributed by atoms with Crippen LogP contribution in [0.2, 0.25) is 0 Å². The monoisotopic (exact) mass is 433 g/mol. The van der Waals surface area contributed by atoms with Crippen molar-refractivity contribution in [3.63, 3.8) is 0 Å². The lowest BCUT2D eigenvalue weighted by molar-refractivity contribution is 0.0696. The van der Waals surface area contributed by atoms with Gasteiger partial charge in [-0.3, -0.25) is 0 Å². The molecule has 5 heteroatoms. The zero-order chi connectivity index (χ0) is 23.1. The van der Waals surface area contributed by atoms with Gasteiger partial charge in [0.1, 0.15) is 5.82 Å². The highest BCUT2D eigenvalue weighted by molar-refractivity contribution is 5.89. The summed E-state index contributed by atoms with van der Waals surface area (Å²) < 4.78 is 2.06. The predicted octanol–water partition coefficient (Wildman–Crippen LogP) is 5.79. The number of rotatable bonds is 11. The number of aromatic carboxylic acids is 1. The van der Waals surface area contributed by atoms with E-state index in [0.717, 1.165) is 48.5 Å². The number of hydrogen-bond acceptors (Lipinski definition) is 3. The molecule has 5 nitrogen and oxygen atoms in total. The van der Waals surface area contributed by atoms with Crippen LogP contribution in [0.15, 0.2) is 48.5 Å². The van der Waals surface area contributed by atoms with Gasteiger partial charge in [0.25, 0.3) is 0 Å². The summed E-state index contributed by atoms with van der Waals surface area (Å²) in [6.07, 6.45) is 4.66. The molecule has 0 aliphatic heterocycles. The van der Waals surface area contributed by atoms with Crippen LogP contribution in [0.1, 0.15) is 79.2 Å². The normalized spacial score (nSPS) is 11.4. The van der Waals surface area contributed by atoms with E-state index in [9.17, 15) is 9.90 Å². The minimum absolute atomic E-state index is 0.364. The molecule has 1 aromatic heterocycles. The molecule has 170 valence electrons. The molecule has 0 atom stereocenters. The number of hydrogen-bond donors (Lipinski definition) is 1. The van der Waals surface area contributed by atoms with Gasteiger partial charge in [-0.05, 0) is 53.9 Å². The van der Waals surface area contributed by atoms with Crippen molar-refractivity contribution in [1.29, 1.82) is 0 Å². The van der Waals surface area contributed by atoms with Crippen molar-refractivity contribution in [1.82, 2.24) is 14.8 Å². The number of aryl methyl sites for hydroxylation is 2. The van der Waals surface area contributed by atoms with Crippen LogP contribution in [-0.2, 0) is 25.8 Å². The molecule has 1 heterocycles. The molecule has 0 amide bonds. The molecule has 0 saturated carbocycles. The fourth-order valence-corrected chi connectivity index (χ4v) is 3.72. The molecule has 0 bridgehead atoms. The average Bonchev–Trinajstić information content (AvgIpc) is 3.14. The van der Waals surface area contributed by atoms with Crippen LogP contribution >= 0.6 is 0 Å². The molecule has 0 spiro atoms. The number of aromatic nitrogens is 3. The molecule has 3 rings (SSSR count). The van der Waals surface area contributed by atoms with Gasteiger partial charge in [-0.25, -0.2) is 14.5 Å². The Morgan fingerprint density at radius 3 is 2.19 bits per heavy atom. The summed E-state index contributed by atoms with van der Waals surface area (Å²) in [6, 6.07) is 15.6. The molecule has 32 heavy (non-hydrogen) atoms. The zero-order valence-electron chi connectivity index (χ0n) is 19.7. The number of benzene rings is 2. The second-order valence-corrected chi connectivity index (χ2v) is 9.42. The third-order valence-electron chi connectivity index (χ3n) is 5.68. The molecule has 2 aromatic carbocycles. The fourth-order valence-electron chi connectivity index (χ4n) is 3.72. The highest BCUT2D eigenvalue weighted by Crippen LogP contribution is 2.17. The Bertz CT molecular complexity index is 1020. The van der Waals surface area contributed by atoms with Gasteiger partial charge in [-0.15, -0.1) is 0 Å². The van der Waals surface area contributed by atoms with E-state index in [2.05, 4.69) is 56.6 Å². The molecule has 3 aromatic rings. The molecule has 0 fully saturated rings. The van der Waals surface area contributed by atoms with Gasteiger partial charge in [0.15, 0.2) is 5.82 Å². The van der Waals surface area contributed by atoms with Gasteiger partial charge in [-0.1, -0.05) is 70.2 Å². The first-order chi connectivity index (χ1) is 15.3. The first kappa shape index (κ1) is 23.7. The summed E-state index contributed by atoms with van der Waals surface area (Å²) in [6.45, 7) is 9.64. The second kappa shape index (κ2) is 11.1. The van der Waals surface area contributed by atoms with E-state index in [4.69, 9.17) is 10.1 Å². The Morgan fingerprint density at radius 1 is 0.906 bits per heavy atom. The maximum atomic E-state index is 11.5. The van der Waals surface area contributed by atoms with Crippen LogP contribution in [0.5, 0.6) is 0 Å². The lowest BCUT2D eigenvalue weighted by atomic mass is 9.99. The highest BCUT2D eigenvalue weighted by Gasteiger charge is 2.13. The van der Waals surface area contributed by atoms with Crippen molar-refractivity contribution < 1.29 is 9.90 Å². The average molecular weight is 434 g/mol. The van der Waals surface area contributed by atoms with E-state index < -0.39 is 5.97 Å². The van der Waals surface area contributed by atoms with Crippen LogP contribution in [0, 0.1) is 11.8 Å². The molecule has 0 saturated heterocycles. The predicted molar refractivity (Wildman–Crippen MR) is 128 cm³/mol. The topological polar surface area (TPSA) is 68.0 Å². The zero-order valence-corrected chi connectivity index (χ0v) is 19.7. The summed E-state index contributed by atoms with van der Waals surface area (Å²) >= 11 is 0. The van der Waals surface area contributed by atoms with Gasteiger partial charge < -0.3 is 5.11 Å². The van der Waals surface area contributed by atoms with Crippen molar-refractivity contribution in [3.05, 3.63) is 82.4 Å². The summed E-state index contributed by atoms with van der Waals surface area (Å²) in [5, 5.41) is 14.2. The Hall–Kier alpha value is -2.95. The molecular formula is C27H35N3O2. The molecule has 1 N–H and O–H groups in total. The molecule has 0 unspecified atom stereocenters. The van der Waals surface area contributed by atoms with Gasteiger partial charge in [-0.2, -0.15) is 5.10 Å². The Labute approximate surface area is 191 Å². The Balaban J connectivity index is 1.73. The molecule has 0 aliphatic carbocycles. The molecule has 0 aliphatic rings.